The molecule has 0 bridgehead atoms. The Morgan fingerprint density at radius 1 is 1.33 bits per heavy atom. The van der Waals surface area contributed by atoms with Crippen molar-refractivity contribution >= 4 is 17.5 Å². The molecule has 0 atom stereocenters. The van der Waals surface area contributed by atoms with Crippen molar-refractivity contribution in [3.8, 4) is 0 Å². The van der Waals surface area contributed by atoms with E-state index in [-0.39, 0.29) is 0 Å². The van der Waals surface area contributed by atoms with Gasteiger partial charge in [-0.25, -0.2) is 9.97 Å². The molecular weight excluding hydrogens is 210 g/mol. The molecule has 3 nitrogen and oxygen atoms in total. The lowest BCUT2D eigenvalue weighted by molar-refractivity contribution is 0.824. The summed E-state index contributed by atoms with van der Waals surface area (Å²) < 4.78 is 0. The first-order valence-corrected chi connectivity index (χ1v) is 5.98. The minimum absolute atomic E-state index is 0.636. The van der Waals surface area contributed by atoms with E-state index in [0.29, 0.717) is 11.1 Å². The van der Waals surface area contributed by atoms with Crippen molar-refractivity contribution < 1.29 is 0 Å². The number of hydrogen-bond donors (Lipinski definition) is 1. The molecule has 1 N–H and O–H groups in total. The molecule has 1 heterocycles. The van der Waals surface area contributed by atoms with Crippen LogP contribution in [0.2, 0.25) is 5.15 Å². The van der Waals surface area contributed by atoms with E-state index < -0.39 is 0 Å². The van der Waals surface area contributed by atoms with Gasteiger partial charge in [0.2, 0.25) is 5.95 Å². The summed E-state index contributed by atoms with van der Waals surface area (Å²) in [6.45, 7) is 3.09. The van der Waals surface area contributed by atoms with Gasteiger partial charge in [-0.2, -0.15) is 0 Å². The van der Waals surface area contributed by atoms with Gasteiger partial charge in [0.05, 0.1) is 5.69 Å². The summed E-state index contributed by atoms with van der Waals surface area (Å²) in [6, 6.07) is 0. The molecule has 15 heavy (non-hydrogen) atoms. The summed E-state index contributed by atoms with van der Waals surface area (Å²) in [7, 11) is 0. The maximum absolute atomic E-state index is 6.10. The van der Waals surface area contributed by atoms with Gasteiger partial charge in [0.15, 0.2) is 0 Å². The minimum Gasteiger partial charge on any atom is -0.354 e. The summed E-state index contributed by atoms with van der Waals surface area (Å²) in [4.78, 5) is 8.74. The molecule has 82 valence electrons. The normalized spacial score (nSPS) is 14.0. The van der Waals surface area contributed by atoms with Gasteiger partial charge < -0.3 is 5.32 Å². The number of aryl methyl sites for hydroxylation is 1. The fourth-order valence-electron chi connectivity index (χ4n) is 1.84. The summed E-state index contributed by atoms with van der Waals surface area (Å²) in [6.07, 6.45) is 5.54. The van der Waals surface area contributed by atoms with E-state index in [9.17, 15) is 0 Å². The molecule has 0 aromatic carbocycles. The number of nitrogens with one attached hydrogen (secondary N) is 1. The van der Waals surface area contributed by atoms with E-state index in [1.807, 2.05) is 0 Å². The predicted octanol–water partition coefficient (Wildman–Crippen LogP) is 2.83. The van der Waals surface area contributed by atoms with Crippen molar-refractivity contribution in [2.24, 2.45) is 0 Å². The largest absolute Gasteiger partial charge is 0.354 e. The van der Waals surface area contributed by atoms with Crippen molar-refractivity contribution in [3.63, 3.8) is 0 Å². The molecule has 0 unspecified atom stereocenters. The standard InChI is InChI=1S/C11H16ClN3/c1-2-3-7-13-11-14-9-6-4-5-8(9)10(12)15-11/h2-7H2,1H3,(H,13,14,15). The highest BCUT2D eigenvalue weighted by Gasteiger charge is 2.17. The Hall–Kier alpha value is -0.830. The Labute approximate surface area is 95.3 Å². The summed E-state index contributed by atoms with van der Waals surface area (Å²) in [5.41, 5.74) is 2.28. The van der Waals surface area contributed by atoms with Crippen LogP contribution in [0.1, 0.15) is 37.4 Å². The summed E-state index contributed by atoms with van der Waals surface area (Å²) >= 11 is 6.10. The van der Waals surface area contributed by atoms with Crippen LogP contribution in [0.15, 0.2) is 0 Å². The molecule has 4 heteroatoms. The van der Waals surface area contributed by atoms with Crippen molar-refractivity contribution in [2.75, 3.05) is 11.9 Å². The molecule has 0 spiro atoms. The quantitative estimate of drug-likeness (QED) is 0.633. The second-order valence-corrected chi connectivity index (χ2v) is 4.26. The van der Waals surface area contributed by atoms with Gasteiger partial charge >= 0.3 is 0 Å². The summed E-state index contributed by atoms with van der Waals surface area (Å²) in [5.74, 6) is 0.689. The Morgan fingerprint density at radius 3 is 3.00 bits per heavy atom. The molecule has 1 aliphatic carbocycles. The number of halogens is 1. The molecule has 0 radical (unpaired) electrons. The smallest absolute Gasteiger partial charge is 0.224 e. The average molecular weight is 226 g/mol. The third-order valence-corrected chi connectivity index (χ3v) is 3.01. The lowest BCUT2D eigenvalue weighted by atomic mass is 10.3. The first-order valence-electron chi connectivity index (χ1n) is 5.60. The van der Waals surface area contributed by atoms with Gasteiger partial charge in [-0.05, 0) is 25.7 Å². The Bertz CT molecular complexity index is 352. The number of rotatable bonds is 4. The van der Waals surface area contributed by atoms with Crippen LogP contribution in [0.3, 0.4) is 0 Å². The van der Waals surface area contributed by atoms with Crippen molar-refractivity contribution in [3.05, 3.63) is 16.4 Å². The molecule has 0 saturated carbocycles. The number of anilines is 1. The number of unbranched alkanes of at least 4 members (excludes halogenated alkanes) is 1. The van der Waals surface area contributed by atoms with Gasteiger partial charge in [0.1, 0.15) is 5.15 Å². The highest BCUT2D eigenvalue weighted by Crippen LogP contribution is 2.26. The van der Waals surface area contributed by atoms with Gasteiger partial charge in [-0.15, -0.1) is 0 Å². The Morgan fingerprint density at radius 2 is 2.20 bits per heavy atom. The molecule has 1 aromatic heterocycles. The number of hydrogen-bond acceptors (Lipinski definition) is 3. The topological polar surface area (TPSA) is 37.8 Å². The zero-order valence-corrected chi connectivity index (χ0v) is 9.77. The minimum atomic E-state index is 0.636. The SMILES string of the molecule is CCCCNc1nc(Cl)c2c(n1)CCC2. The fourth-order valence-corrected chi connectivity index (χ4v) is 2.13. The molecule has 0 saturated heterocycles. The Kier molecular flexibility index (Phi) is 3.41. The Balaban J connectivity index is 2.09. The van der Waals surface area contributed by atoms with Crippen LogP contribution >= 0.6 is 11.6 Å². The fraction of sp³-hybridized carbons (Fsp3) is 0.636. The van der Waals surface area contributed by atoms with E-state index in [2.05, 4.69) is 22.2 Å². The third-order valence-electron chi connectivity index (χ3n) is 2.70. The molecule has 0 aliphatic heterocycles. The second-order valence-electron chi connectivity index (χ2n) is 3.90. The van der Waals surface area contributed by atoms with Gasteiger partial charge in [-0.1, -0.05) is 24.9 Å². The van der Waals surface area contributed by atoms with Gasteiger partial charge in [0, 0.05) is 12.1 Å². The number of fused-ring (bicyclic) bond motifs is 1. The van der Waals surface area contributed by atoms with Crippen LogP contribution in [-0.2, 0) is 12.8 Å². The van der Waals surface area contributed by atoms with E-state index in [1.165, 1.54) is 6.42 Å². The lowest BCUT2D eigenvalue weighted by Gasteiger charge is -2.07. The summed E-state index contributed by atoms with van der Waals surface area (Å²) in [5, 5.41) is 3.85. The van der Waals surface area contributed by atoms with E-state index in [1.54, 1.807) is 0 Å². The molecular formula is C11H16ClN3. The number of aromatic nitrogens is 2. The maximum Gasteiger partial charge on any atom is 0.224 e. The van der Waals surface area contributed by atoms with Gasteiger partial charge in [-0.3, -0.25) is 0 Å². The molecule has 0 amide bonds. The predicted molar refractivity (Wildman–Crippen MR) is 62.5 cm³/mol. The molecule has 1 aliphatic rings. The lowest BCUT2D eigenvalue weighted by Crippen LogP contribution is -2.07. The van der Waals surface area contributed by atoms with Gasteiger partial charge in [0.25, 0.3) is 0 Å². The monoisotopic (exact) mass is 225 g/mol. The van der Waals surface area contributed by atoms with Crippen LogP contribution < -0.4 is 5.32 Å². The molecule has 0 fully saturated rings. The van der Waals surface area contributed by atoms with E-state index >= 15 is 0 Å². The third kappa shape index (κ3) is 2.40. The molecule has 1 aromatic rings. The van der Waals surface area contributed by atoms with Crippen LogP contribution in [0.25, 0.3) is 0 Å². The highest BCUT2D eigenvalue weighted by atomic mass is 35.5. The second kappa shape index (κ2) is 4.79. The highest BCUT2D eigenvalue weighted by molar-refractivity contribution is 6.30. The van der Waals surface area contributed by atoms with E-state index in [4.69, 9.17) is 11.6 Å². The van der Waals surface area contributed by atoms with Crippen molar-refractivity contribution in [1.29, 1.82) is 0 Å². The van der Waals surface area contributed by atoms with Crippen LogP contribution in [0.5, 0.6) is 0 Å². The molecule has 2 rings (SSSR count). The van der Waals surface area contributed by atoms with Crippen molar-refractivity contribution in [2.45, 2.75) is 39.0 Å². The first kappa shape index (κ1) is 10.7. The maximum atomic E-state index is 6.10. The zero-order valence-electron chi connectivity index (χ0n) is 9.02. The van der Waals surface area contributed by atoms with Crippen LogP contribution in [-0.4, -0.2) is 16.5 Å². The van der Waals surface area contributed by atoms with Crippen LogP contribution in [0, 0.1) is 0 Å². The zero-order chi connectivity index (χ0) is 10.7. The van der Waals surface area contributed by atoms with Crippen molar-refractivity contribution in [1.82, 2.24) is 9.97 Å². The van der Waals surface area contributed by atoms with Crippen LogP contribution in [0.4, 0.5) is 5.95 Å². The number of nitrogens with zero attached hydrogens (tertiary/aromatic N) is 2. The average Bonchev–Trinajstić information content (AvgIpc) is 2.66. The first-order chi connectivity index (χ1) is 7.31. The van der Waals surface area contributed by atoms with E-state index in [0.717, 1.165) is 43.5 Å².